The Labute approximate surface area is 120 Å². The number of likely N-dealkylation sites (tertiary alicyclic amines) is 1. The minimum Gasteiger partial charge on any atom is -0.497 e. The van der Waals surface area contributed by atoms with E-state index in [1.807, 2.05) is 18.2 Å². The molecule has 4 nitrogen and oxygen atoms in total. The molecule has 0 spiro atoms. The Bertz CT molecular complexity index is 477. The first-order chi connectivity index (χ1) is 9.71. The molecule has 1 saturated heterocycles. The van der Waals surface area contributed by atoms with Crippen molar-refractivity contribution in [2.24, 2.45) is 11.8 Å². The van der Waals surface area contributed by atoms with Gasteiger partial charge in [-0.1, -0.05) is 0 Å². The van der Waals surface area contributed by atoms with E-state index in [0.717, 1.165) is 49.5 Å². The lowest BCUT2D eigenvalue weighted by molar-refractivity contribution is 0.123. The summed E-state index contributed by atoms with van der Waals surface area (Å²) in [6, 6.07) is 5.92. The highest BCUT2D eigenvalue weighted by Gasteiger charge is 2.41. The summed E-state index contributed by atoms with van der Waals surface area (Å²) in [5.74, 6) is 2.90. The Morgan fingerprint density at radius 2 is 2.05 bits per heavy atom. The van der Waals surface area contributed by atoms with E-state index >= 15 is 0 Å². The van der Waals surface area contributed by atoms with Crippen molar-refractivity contribution in [1.29, 1.82) is 0 Å². The van der Waals surface area contributed by atoms with Gasteiger partial charge in [0, 0.05) is 31.1 Å². The van der Waals surface area contributed by atoms with Crippen molar-refractivity contribution >= 4 is 0 Å². The van der Waals surface area contributed by atoms with Crippen molar-refractivity contribution in [2.75, 3.05) is 27.3 Å². The molecule has 2 fully saturated rings. The van der Waals surface area contributed by atoms with Gasteiger partial charge in [0.15, 0.2) is 0 Å². The largest absolute Gasteiger partial charge is 0.497 e. The van der Waals surface area contributed by atoms with Crippen molar-refractivity contribution in [3.63, 3.8) is 0 Å². The summed E-state index contributed by atoms with van der Waals surface area (Å²) in [4.78, 5) is 2.43. The fraction of sp³-hybridized carbons (Fsp3) is 0.625. The predicted molar refractivity (Wildman–Crippen MR) is 77.0 cm³/mol. The topological polar surface area (TPSA) is 41.9 Å². The number of benzene rings is 1. The van der Waals surface area contributed by atoms with E-state index in [0.29, 0.717) is 11.8 Å². The van der Waals surface area contributed by atoms with Crippen molar-refractivity contribution in [3.8, 4) is 11.5 Å². The molecule has 0 bridgehead atoms. The average Bonchev–Trinajstić information content (AvgIpc) is 3.01. The molecular weight excluding hydrogens is 254 g/mol. The summed E-state index contributed by atoms with van der Waals surface area (Å²) < 4.78 is 10.7. The van der Waals surface area contributed by atoms with Gasteiger partial charge in [0.2, 0.25) is 0 Å². The Hall–Kier alpha value is -1.26. The molecule has 20 heavy (non-hydrogen) atoms. The normalized spacial score (nSPS) is 29.4. The summed E-state index contributed by atoms with van der Waals surface area (Å²) in [5, 5.41) is 9.99. The maximum atomic E-state index is 9.99. The van der Waals surface area contributed by atoms with Crippen LogP contribution in [0.5, 0.6) is 11.5 Å². The standard InChI is InChI=1S/C16H23NO3/c1-19-13-4-6-16(20-2)12(7-13)9-17-8-11-3-5-15(18)14(11)10-17/h4,6-7,11,14-15,18H,3,5,8-10H2,1-2H3. The third-order valence-electron chi connectivity index (χ3n) is 4.78. The van der Waals surface area contributed by atoms with Gasteiger partial charge in [-0.3, -0.25) is 4.90 Å². The van der Waals surface area contributed by atoms with Gasteiger partial charge in [-0.05, 0) is 37.0 Å². The first-order valence-electron chi connectivity index (χ1n) is 7.32. The van der Waals surface area contributed by atoms with Gasteiger partial charge in [0.05, 0.1) is 20.3 Å². The SMILES string of the molecule is COc1ccc(OC)c(CN2CC3CCC(O)C3C2)c1. The summed E-state index contributed by atoms with van der Waals surface area (Å²) in [7, 11) is 3.38. The van der Waals surface area contributed by atoms with Crippen molar-refractivity contribution in [2.45, 2.75) is 25.5 Å². The number of methoxy groups -OCH3 is 2. The highest BCUT2D eigenvalue weighted by atomic mass is 16.5. The number of ether oxygens (including phenoxy) is 2. The molecule has 1 aliphatic heterocycles. The van der Waals surface area contributed by atoms with E-state index in [9.17, 15) is 5.11 Å². The number of hydrogen-bond acceptors (Lipinski definition) is 4. The number of aliphatic hydroxyl groups excluding tert-OH is 1. The number of hydrogen-bond donors (Lipinski definition) is 1. The van der Waals surface area contributed by atoms with Crippen LogP contribution in [0.4, 0.5) is 0 Å². The predicted octanol–water partition coefficient (Wildman–Crippen LogP) is 1.91. The number of rotatable bonds is 4. The van der Waals surface area contributed by atoms with Crippen LogP contribution in [0.3, 0.4) is 0 Å². The van der Waals surface area contributed by atoms with E-state index in [1.165, 1.54) is 0 Å². The fourth-order valence-electron chi connectivity index (χ4n) is 3.70. The van der Waals surface area contributed by atoms with Gasteiger partial charge in [-0.15, -0.1) is 0 Å². The molecule has 1 aliphatic carbocycles. The van der Waals surface area contributed by atoms with Crippen LogP contribution >= 0.6 is 0 Å². The molecule has 0 aromatic heterocycles. The van der Waals surface area contributed by atoms with E-state index < -0.39 is 0 Å². The Morgan fingerprint density at radius 3 is 2.75 bits per heavy atom. The Balaban J connectivity index is 1.72. The van der Waals surface area contributed by atoms with Crippen LogP contribution in [-0.4, -0.2) is 43.4 Å². The smallest absolute Gasteiger partial charge is 0.123 e. The maximum Gasteiger partial charge on any atom is 0.123 e. The van der Waals surface area contributed by atoms with E-state index in [2.05, 4.69) is 4.90 Å². The molecule has 0 amide bonds. The quantitative estimate of drug-likeness (QED) is 0.913. The van der Waals surface area contributed by atoms with E-state index in [4.69, 9.17) is 9.47 Å². The second-order valence-electron chi connectivity index (χ2n) is 5.94. The maximum absolute atomic E-state index is 9.99. The highest BCUT2D eigenvalue weighted by molar-refractivity contribution is 5.40. The molecular formula is C16H23NO3. The second-order valence-corrected chi connectivity index (χ2v) is 5.94. The zero-order chi connectivity index (χ0) is 14.1. The molecule has 1 saturated carbocycles. The molecule has 4 heteroatoms. The number of aliphatic hydroxyl groups is 1. The lowest BCUT2D eigenvalue weighted by Crippen LogP contribution is -2.24. The molecule has 3 atom stereocenters. The number of fused-ring (bicyclic) bond motifs is 1. The van der Waals surface area contributed by atoms with Gasteiger partial charge in [0.1, 0.15) is 11.5 Å². The molecule has 1 heterocycles. The summed E-state index contributed by atoms with van der Waals surface area (Å²) in [5.41, 5.74) is 1.15. The van der Waals surface area contributed by atoms with Gasteiger partial charge in [-0.2, -0.15) is 0 Å². The molecule has 2 aliphatic rings. The minimum absolute atomic E-state index is 0.0998. The first-order valence-corrected chi connectivity index (χ1v) is 7.32. The average molecular weight is 277 g/mol. The zero-order valence-corrected chi connectivity index (χ0v) is 12.2. The van der Waals surface area contributed by atoms with Gasteiger partial charge < -0.3 is 14.6 Å². The molecule has 1 aromatic carbocycles. The second kappa shape index (κ2) is 5.62. The van der Waals surface area contributed by atoms with Crippen molar-refractivity contribution in [1.82, 2.24) is 4.90 Å². The first kappa shape index (κ1) is 13.7. The lowest BCUT2D eigenvalue weighted by atomic mass is 10.00. The minimum atomic E-state index is -0.0998. The van der Waals surface area contributed by atoms with E-state index in [-0.39, 0.29) is 6.10 Å². The molecule has 3 rings (SSSR count). The lowest BCUT2D eigenvalue weighted by Gasteiger charge is -2.20. The van der Waals surface area contributed by atoms with Crippen LogP contribution in [0.25, 0.3) is 0 Å². The van der Waals surface area contributed by atoms with E-state index in [1.54, 1.807) is 14.2 Å². The summed E-state index contributed by atoms with van der Waals surface area (Å²) in [6.45, 7) is 2.94. The van der Waals surface area contributed by atoms with Crippen LogP contribution in [0.2, 0.25) is 0 Å². The highest BCUT2D eigenvalue weighted by Crippen LogP contribution is 2.39. The van der Waals surface area contributed by atoms with Crippen molar-refractivity contribution in [3.05, 3.63) is 23.8 Å². The van der Waals surface area contributed by atoms with Crippen molar-refractivity contribution < 1.29 is 14.6 Å². The van der Waals surface area contributed by atoms with Gasteiger partial charge in [0.25, 0.3) is 0 Å². The Morgan fingerprint density at radius 1 is 1.20 bits per heavy atom. The zero-order valence-electron chi connectivity index (χ0n) is 12.2. The Kier molecular flexibility index (Phi) is 3.85. The molecule has 1 N–H and O–H groups in total. The molecule has 1 aromatic rings. The third kappa shape index (κ3) is 2.50. The van der Waals surface area contributed by atoms with Crippen LogP contribution in [0.1, 0.15) is 18.4 Å². The molecule has 3 unspecified atom stereocenters. The fourth-order valence-corrected chi connectivity index (χ4v) is 3.70. The number of nitrogens with zero attached hydrogens (tertiary/aromatic N) is 1. The van der Waals surface area contributed by atoms with Gasteiger partial charge in [-0.25, -0.2) is 0 Å². The third-order valence-corrected chi connectivity index (χ3v) is 4.78. The van der Waals surface area contributed by atoms with Crippen LogP contribution in [0, 0.1) is 11.8 Å². The molecule has 0 radical (unpaired) electrons. The summed E-state index contributed by atoms with van der Waals surface area (Å²) in [6.07, 6.45) is 2.04. The summed E-state index contributed by atoms with van der Waals surface area (Å²) >= 11 is 0. The van der Waals surface area contributed by atoms with Crippen LogP contribution < -0.4 is 9.47 Å². The van der Waals surface area contributed by atoms with Crippen LogP contribution in [0.15, 0.2) is 18.2 Å². The molecule has 110 valence electrons. The van der Waals surface area contributed by atoms with Crippen LogP contribution in [-0.2, 0) is 6.54 Å². The van der Waals surface area contributed by atoms with Gasteiger partial charge >= 0.3 is 0 Å². The monoisotopic (exact) mass is 277 g/mol.